The zero-order valence-corrected chi connectivity index (χ0v) is 13.5. The van der Waals surface area contributed by atoms with Gasteiger partial charge in [-0.3, -0.25) is 24.6 Å². The van der Waals surface area contributed by atoms with Gasteiger partial charge in [-0.05, 0) is 25.2 Å². The molecule has 0 aromatic rings. The van der Waals surface area contributed by atoms with E-state index in [9.17, 15) is 19.2 Å². The summed E-state index contributed by atoms with van der Waals surface area (Å²) in [5, 5.41) is 4.73. The Morgan fingerprint density at radius 2 is 1.74 bits per heavy atom. The molecular weight excluding hydrogens is 298 g/mol. The second-order valence-electron chi connectivity index (χ2n) is 6.41. The van der Waals surface area contributed by atoms with Crippen molar-refractivity contribution in [2.45, 2.75) is 33.1 Å². The third-order valence-corrected chi connectivity index (χ3v) is 4.16. The summed E-state index contributed by atoms with van der Waals surface area (Å²) in [7, 11) is 0. The van der Waals surface area contributed by atoms with Gasteiger partial charge in [-0.25, -0.2) is 4.79 Å². The minimum atomic E-state index is -0.652. The van der Waals surface area contributed by atoms with E-state index in [1.165, 1.54) is 0 Å². The number of amides is 5. The van der Waals surface area contributed by atoms with Gasteiger partial charge in [0.1, 0.15) is 6.54 Å². The monoisotopic (exact) mass is 321 g/mol. The molecule has 1 fully saturated rings. The van der Waals surface area contributed by atoms with Gasteiger partial charge >= 0.3 is 6.03 Å². The second kappa shape index (κ2) is 7.39. The largest absolute Gasteiger partial charge is 0.338 e. The fourth-order valence-corrected chi connectivity index (χ4v) is 2.85. The van der Waals surface area contributed by atoms with E-state index >= 15 is 0 Å². The van der Waals surface area contributed by atoms with Crippen molar-refractivity contribution in [2.24, 2.45) is 17.8 Å². The standard InChI is InChI=1S/C16H23N3O4/c1-10(2)7-8-17-16(23)18-13(20)9-19-14(21)11-5-3-4-6-12(11)15(19)22/h3-4,10-12H,5-9H2,1-2H3,(H2,17,18,20,23)/t11-,12+. The average Bonchev–Trinajstić information content (AvgIpc) is 2.72. The molecule has 0 unspecified atom stereocenters. The number of rotatable bonds is 5. The summed E-state index contributed by atoms with van der Waals surface area (Å²) in [5.74, 6) is -1.57. The number of imide groups is 2. The molecule has 7 heteroatoms. The van der Waals surface area contributed by atoms with E-state index in [0.29, 0.717) is 25.3 Å². The third-order valence-electron chi connectivity index (χ3n) is 4.16. The van der Waals surface area contributed by atoms with Gasteiger partial charge in [-0.2, -0.15) is 0 Å². The van der Waals surface area contributed by atoms with E-state index in [0.717, 1.165) is 11.3 Å². The first-order valence-electron chi connectivity index (χ1n) is 7.98. The van der Waals surface area contributed by atoms with Crippen molar-refractivity contribution in [3.63, 3.8) is 0 Å². The Hall–Kier alpha value is -2.18. The summed E-state index contributed by atoms with van der Waals surface area (Å²) in [6.45, 7) is 4.13. The summed E-state index contributed by atoms with van der Waals surface area (Å²) in [4.78, 5) is 48.8. The van der Waals surface area contributed by atoms with E-state index < -0.39 is 18.5 Å². The van der Waals surface area contributed by atoms with E-state index in [2.05, 4.69) is 10.6 Å². The van der Waals surface area contributed by atoms with Gasteiger partial charge in [-0.15, -0.1) is 0 Å². The van der Waals surface area contributed by atoms with Crippen LogP contribution in [-0.4, -0.2) is 41.7 Å². The van der Waals surface area contributed by atoms with Gasteiger partial charge in [0.25, 0.3) is 0 Å². The lowest BCUT2D eigenvalue weighted by atomic mass is 9.85. The molecule has 0 aromatic carbocycles. The molecule has 5 amide bonds. The molecule has 126 valence electrons. The Balaban J connectivity index is 1.82. The maximum Gasteiger partial charge on any atom is 0.321 e. The zero-order chi connectivity index (χ0) is 17.0. The Morgan fingerprint density at radius 3 is 2.26 bits per heavy atom. The van der Waals surface area contributed by atoms with Crippen molar-refractivity contribution >= 4 is 23.8 Å². The summed E-state index contributed by atoms with van der Waals surface area (Å²) in [5.41, 5.74) is 0. The molecule has 7 nitrogen and oxygen atoms in total. The number of likely N-dealkylation sites (tertiary alicyclic amines) is 1. The molecule has 0 spiro atoms. The van der Waals surface area contributed by atoms with Crippen molar-refractivity contribution in [3.8, 4) is 0 Å². The number of nitrogens with one attached hydrogen (secondary N) is 2. The minimum absolute atomic E-state index is 0.320. The van der Waals surface area contributed by atoms with Crippen LogP contribution in [0.4, 0.5) is 4.79 Å². The molecule has 1 heterocycles. The smallest absolute Gasteiger partial charge is 0.321 e. The lowest BCUT2D eigenvalue weighted by molar-refractivity contribution is -0.143. The van der Waals surface area contributed by atoms with Gasteiger partial charge in [-0.1, -0.05) is 26.0 Å². The van der Waals surface area contributed by atoms with Crippen molar-refractivity contribution in [1.29, 1.82) is 0 Å². The van der Waals surface area contributed by atoms with Crippen LogP contribution in [-0.2, 0) is 14.4 Å². The highest BCUT2D eigenvalue weighted by atomic mass is 16.2. The quantitative estimate of drug-likeness (QED) is 0.578. The van der Waals surface area contributed by atoms with Crippen LogP contribution in [0.5, 0.6) is 0 Å². The Morgan fingerprint density at radius 1 is 1.17 bits per heavy atom. The molecule has 0 radical (unpaired) electrons. The highest BCUT2D eigenvalue weighted by molar-refractivity contribution is 6.08. The average molecular weight is 321 g/mol. The fraction of sp³-hybridized carbons (Fsp3) is 0.625. The van der Waals surface area contributed by atoms with Crippen LogP contribution in [0.2, 0.25) is 0 Å². The first-order valence-corrected chi connectivity index (χ1v) is 7.98. The molecule has 0 aromatic heterocycles. The van der Waals surface area contributed by atoms with Crippen LogP contribution in [0.15, 0.2) is 12.2 Å². The molecule has 1 aliphatic heterocycles. The number of fused-ring (bicyclic) bond motifs is 1. The predicted octanol–water partition coefficient (Wildman–Crippen LogP) is 0.809. The Bertz CT molecular complexity index is 515. The molecule has 0 bridgehead atoms. The SMILES string of the molecule is CC(C)CCNC(=O)NC(=O)CN1C(=O)[C@H]2CC=CC[C@H]2C1=O. The summed E-state index contributed by atoms with van der Waals surface area (Å²) >= 11 is 0. The van der Waals surface area contributed by atoms with Crippen LogP contribution in [0.1, 0.15) is 33.1 Å². The van der Waals surface area contributed by atoms with Crippen molar-refractivity contribution in [1.82, 2.24) is 15.5 Å². The van der Waals surface area contributed by atoms with Gasteiger partial charge < -0.3 is 5.32 Å². The normalized spacial score (nSPS) is 23.2. The van der Waals surface area contributed by atoms with Gasteiger partial charge in [0.05, 0.1) is 11.8 Å². The second-order valence-corrected chi connectivity index (χ2v) is 6.41. The van der Waals surface area contributed by atoms with Crippen LogP contribution >= 0.6 is 0 Å². The van der Waals surface area contributed by atoms with Crippen LogP contribution in [0, 0.1) is 17.8 Å². The van der Waals surface area contributed by atoms with Crippen LogP contribution < -0.4 is 10.6 Å². The lowest BCUT2D eigenvalue weighted by Crippen LogP contribution is -2.46. The maximum absolute atomic E-state index is 12.2. The van der Waals surface area contributed by atoms with Crippen LogP contribution in [0.3, 0.4) is 0 Å². The number of carbonyl (C=O) groups excluding carboxylic acids is 4. The highest BCUT2D eigenvalue weighted by Gasteiger charge is 2.47. The van der Waals surface area contributed by atoms with Gasteiger partial charge in [0.15, 0.2) is 0 Å². The molecule has 2 atom stereocenters. The molecule has 2 aliphatic rings. The first-order chi connectivity index (χ1) is 10.9. The topological polar surface area (TPSA) is 95.6 Å². The number of hydrogen-bond acceptors (Lipinski definition) is 4. The van der Waals surface area contributed by atoms with E-state index in [-0.39, 0.29) is 23.7 Å². The summed E-state index contributed by atoms with van der Waals surface area (Å²) in [6.07, 6.45) is 5.64. The zero-order valence-electron chi connectivity index (χ0n) is 13.5. The number of carbonyl (C=O) groups is 4. The minimum Gasteiger partial charge on any atom is -0.338 e. The third kappa shape index (κ3) is 4.18. The molecule has 1 saturated heterocycles. The Labute approximate surface area is 135 Å². The predicted molar refractivity (Wildman–Crippen MR) is 83.1 cm³/mol. The lowest BCUT2D eigenvalue weighted by Gasteiger charge is -2.14. The molecule has 23 heavy (non-hydrogen) atoms. The first kappa shape index (κ1) is 17.2. The fourth-order valence-electron chi connectivity index (χ4n) is 2.85. The van der Waals surface area contributed by atoms with Gasteiger partial charge in [0, 0.05) is 6.54 Å². The van der Waals surface area contributed by atoms with E-state index in [4.69, 9.17) is 0 Å². The Kier molecular flexibility index (Phi) is 5.52. The summed E-state index contributed by atoms with van der Waals surface area (Å²) < 4.78 is 0. The molecular formula is C16H23N3O4. The molecule has 0 saturated carbocycles. The van der Waals surface area contributed by atoms with Crippen LogP contribution in [0.25, 0.3) is 0 Å². The van der Waals surface area contributed by atoms with Crippen molar-refractivity contribution < 1.29 is 19.2 Å². The number of allylic oxidation sites excluding steroid dienone is 2. The molecule has 1 aliphatic carbocycles. The maximum atomic E-state index is 12.2. The van der Waals surface area contributed by atoms with Gasteiger partial charge in [0.2, 0.25) is 17.7 Å². The highest BCUT2D eigenvalue weighted by Crippen LogP contribution is 2.34. The van der Waals surface area contributed by atoms with E-state index in [1.54, 1.807) is 0 Å². The number of hydrogen-bond donors (Lipinski definition) is 2. The summed E-state index contributed by atoms with van der Waals surface area (Å²) in [6, 6.07) is -0.603. The van der Waals surface area contributed by atoms with Crippen molar-refractivity contribution in [2.75, 3.05) is 13.1 Å². The van der Waals surface area contributed by atoms with Crippen molar-refractivity contribution in [3.05, 3.63) is 12.2 Å². The number of urea groups is 1. The molecule has 2 N–H and O–H groups in total. The number of nitrogens with zero attached hydrogens (tertiary/aromatic N) is 1. The molecule has 2 rings (SSSR count). The van der Waals surface area contributed by atoms with E-state index in [1.807, 2.05) is 26.0 Å².